The minimum absolute atomic E-state index is 0.220. The van der Waals surface area contributed by atoms with Crippen LogP contribution in [0.1, 0.15) is 44.5 Å². The molecule has 0 N–H and O–H groups in total. The maximum Gasteiger partial charge on any atom is 0.416 e. The molecule has 4 aromatic carbocycles. The van der Waals surface area contributed by atoms with Crippen molar-refractivity contribution in [2.24, 2.45) is 0 Å². The summed E-state index contributed by atoms with van der Waals surface area (Å²) >= 11 is 0. The van der Waals surface area contributed by atoms with Gasteiger partial charge in [0.25, 0.3) is 0 Å². The van der Waals surface area contributed by atoms with E-state index in [9.17, 15) is 92.2 Å². The number of hydrogen-bond acceptors (Lipinski definition) is 0. The van der Waals surface area contributed by atoms with Crippen LogP contribution in [0.15, 0.2) is 72.8 Å². The first kappa shape index (κ1) is 42.2. The molecule has 0 aliphatic carbocycles. The zero-order valence-corrected chi connectivity index (χ0v) is 25.9. The van der Waals surface area contributed by atoms with Gasteiger partial charge in [0, 0.05) is 0 Å². The van der Waals surface area contributed by atoms with Gasteiger partial charge in [0.05, 0.1) is 38.9 Å². The summed E-state index contributed by atoms with van der Waals surface area (Å²) in [4.78, 5) is 0. The second-order valence-corrected chi connectivity index (χ2v) is 12.0. The average molecular weight is 809 g/mol. The van der Waals surface area contributed by atoms with Crippen molar-refractivity contribution in [1.29, 1.82) is 0 Å². The Balaban J connectivity index is 2.56. The Morgan fingerprint density at radius 2 is 0.426 bits per heavy atom. The van der Waals surface area contributed by atoms with E-state index in [2.05, 4.69) is 0 Å². The Morgan fingerprint density at radius 1 is 0.259 bits per heavy atom. The number of alkyl halides is 21. The fourth-order valence-electron chi connectivity index (χ4n) is 6.07. The average Bonchev–Trinajstić information content (AvgIpc) is 2.98. The first-order valence-electron chi connectivity index (χ1n) is 14.3. The maximum atomic E-state index is 14.2. The molecule has 294 valence electrons. The van der Waals surface area contributed by atoms with Crippen LogP contribution in [0, 0.1) is 6.92 Å². The Hall–Kier alpha value is -4.53. The van der Waals surface area contributed by atoms with E-state index in [0.29, 0.717) is 6.07 Å². The monoisotopic (exact) mass is 809 g/mol. The molecule has 54 heavy (non-hydrogen) atoms. The Kier molecular flexibility index (Phi) is 10.2. The van der Waals surface area contributed by atoms with E-state index in [1.165, 1.54) is 0 Å². The molecule has 0 saturated carbocycles. The Labute approximate surface area is 288 Å². The highest BCUT2D eigenvalue weighted by molar-refractivity contribution is 7.20. The molecule has 0 heterocycles. The van der Waals surface area contributed by atoms with Crippen molar-refractivity contribution in [2.45, 2.75) is 50.2 Å². The Bertz CT molecular complexity index is 1760. The molecule has 0 bridgehead atoms. The zero-order valence-electron chi connectivity index (χ0n) is 25.9. The molecule has 0 saturated heterocycles. The third-order valence-electron chi connectivity index (χ3n) is 8.26. The van der Waals surface area contributed by atoms with Crippen LogP contribution in [0.5, 0.6) is 0 Å². The van der Waals surface area contributed by atoms with Crippen LogP contribution >= 0.6 is 0 Å². The summed E-state index contributed by atoms with van der Waals surface area (Å²) in [6.07, 6.45) is -46.4. The largest absolute Gasteiger partial charge is 0.416 e. The summed E-state index contributed by atoms with van der Waals surface area (Å²) in [6, 6.07) is -4.15. The van der Waals surface area contributed by atoms with Crippen molar-refractivity contribution in [1.82, 2.24) is 0 Å². The molecular weight excluding hydrogens is 794 g/mol. The van der Waals surface area contributed by atoms with Crippen LogP contribution in [0.3, 0.4) is 0 Å². The van der Waals surface area contributed by atoms with Crippen LogP contribution < -0.4 is 21.9 Å². The SMILES string of the molecule is Cc1cc([B-](c2cc(C(F)(F)F)cc(C(F)(F)F)c2)(c2cc(C(F)(F)F)cc(C(F)(F)F)c2)c2cc(C(F)(F)F)cc(C(F)(F)F)c2)cc(C(F)(F)F)c1. The highest BCUT2D eigenvalue weighted by Gasteiger charge is 2.46. The number of benzene rings is 4. The van der Waals surface area contributed by atoms with Crippen LogP contribution in [0.4, 0.5) is 92.2 Å². The standard InChI is InChI=1S/C32H15BF21/c1-14-2-15(26(34,35)36)7-22(3-14)33(23-8-16(27(37,38)39)4-17(9-23)28(40,41)42,24-10-18(29(43,44)45)5-19(11-24)30(46,47)48)25-12-20(31(49,50)51)6-21(13-25)32(52,53)54/h2-13H,1H3/q-1. The van der Waals surface area contributed by atoms with Crippen LogP contribution in [-0.4, -0.2) is 6.15 Å². The second-order valence-electron chi connectivity index (χ2n) is 12.0. The zero-order chi connectivity index (χ0) is 41.4. The van der Waals surface area contributed by atoms with E-state index in [1.54, 1.807) is 0 Å². The predicted octanol–water partition coefficient (Wildman–Crippen LogP) is 10.5. The number of rotatable bonds is 4. The third kappa shape index (κ3) is 8.56. The lowest BCUT2D eigenvalue weighted by atomic mass is 9.12. The van der Waals surface area contributed by atoms with Crippen molar-refractivity contribution in [3.63, 3.8) is 0 Å². The minimum Gasteiger partial charge on any atom is -0.194 e. The van der Waals surface area contributed by atoms with Gasteiger partial charge in [-0.05, 0) is 31.2 Å². The van der Waals surface area contributed by atoms with E-state index in [4.69, 9.17) is 0 Å². The number of halogens is 21. The summed E-state index contributed by atoms with van der Waals surface area (Å²) in [6.45, 7) is 0.730. The molecular formula is C32H15BF21-. The molecule has 0 atom stereocenters. The summed E-state index contributed by atoms with van der Waals surface area (Å²) in [5, 5.41) is 0. The molecule has 0 fully saturated rings. The fraction of sp³-hybridized carbons (Fsp3) is 0.250. The van der Waals surface area contributed by atoms with Crippen molar-refractivity contribution in [3.8, 4) is 0 Å². The molecule has 0 unspecified atom stereocenters. The highest BCUT2D eigenvalue weighted by Crippen LogP contribution is 2.40. The van der Waals surface area contributed by atoms with Crippen molar-refractivity contribution in [2.75, 3.05) is 0 Å². The summed E-state index contributed by atoms with van der Waals surface area (Å²) in [5.41, 5.74) is -24.4. The summed E-state index contributed by atoms with van der Waals surface area (Å²) in [7, 11) is 0. The first-order valence-corrected chi connectivity index (χ1v) is 14.3. The van der Waals surface area contributed by atoms with Crippen LogP contribution in [-0.2, 0) is 43.2 Å². The van der Waals surface area contributed by atoms with Crippen LogP contribution in [0.2, 0.25) is 0 Å². The lowest BCUT2D eigenvalue weighted by Crippen LogP contribution is -2.75. The van der Waals surface area contributed by atoms with E-state index in [0.717, 1.165) is 6.92 Å². The summed E-state index contributed by atoms with van der Waals surface area (Å²) in [5.74, 6) is 0. The smallest absolute Gasteiger partial charge is 0.194 e. The van der Waals surface area contributed by atoms with E-state index in [1.807, 2.05) is 0 Å². The molecule has 4 rings (SSSR count). The van der Waals surface area contributed by atoms with Gasteiger partial charge in [-0.3, -0.25) is 0 Å². The molecule has 0 aliphatic rings. The number of hydrogen-bond donors (Lipinski definition) is 0. The Morgan fingerprint density at radius 3 is 0.611 bits per heavy atom. The van der Waals surface area contributed by atoms with E-state index >= 15 is 0 Å². The highest BCUT2D eigenvalue weighted by atomic mass is 19.4. The summed E-state index contributed by atoms with van der Waals surface area (Å²) < 4.78 is 298. The predicted molar refractivity (Wildman–Crippen MR) is 150 cm³/mol. The van der Waals surface area contributed by atoms with Gasteiger partial charge in [0.2, 0.25) is 0 Å². The van der Waals surface area contributed by atoms with Gasteiger partial charge in [0.1, 0.15) is 6.15 Å². The molecule has 0 nitrogen and oxygen atoms in total. The molecule has 22 heteroatoms. The molecule has 0 spiro atoms. The van der Waals surface area contributed by atoms with Crippen molar-refractivity contribution >= 4 is 28.0 Å². The fourth-order valence-corrected chi connectivity index (χ4v) is 6.07. The third-order valence-corrected chi connectivity index (χ3v) is 8.26. The van der Waals surface area contributed by atoms with Crippen LogP contribution in [0.25, 0.3) is 0 Å². The van der Waals surface area contributed by atoms with Gasteiger partial charge in [-0.1, -0.05) is 54.1 Å². The topological polar surface area (TPSA) is 0 Å². The molecule has 0 aliphatic heterocycles. The minimum atomic E-state index is -5.93. The van der Waals surface area contributed by atoms with E-state index in [-0.39, 0.29) is 12.1 Å². The van der Waals surface area contributed by atoms with Gasteiger partial charge >= 0.3 is 43.2 Å². The first-order chi connectivity index (χ1) is 24.1. The lowest BCUT2D eigenvalue weighted by Gasteiger charge is -2.46. The molecule has 0 aromatic heterocycles. The van der Waals surface area contributed by atoms with Gasteiger partial charge in [-0.2, -0.15) is 114 Å². The van der Waals surface area contributed by atoms with Gasteiger partial charge in [-0.15, -0.1) is 0 Å². The van der Waals surface area contributed by atoms with Crippen molar-refractivity contribution < 1.29 is 92.2 Å². The molecule has 4 aromatic rings. The van der Waals surface area contributed by atoms with Gasteiger partial charge in [-0.25, -0.2) is 0 Å². The van der Waals surface area contributed by atoms with Gasteiger partial charge in [0.15, 0.2) is 0 Å². The number of aryl methyl sites for hydroxylation is 1. The molecule has 0 amide bonds. The van der Waals surface area contributed by atoms with Gasteiger partial charge < -0.3 is 0 Å². The van der Waals surface area contributed by atoms with E-state index < -0.39 is 170 Å². The van der Waals surface area contributed by atoms with Crippen molar-refractivity contribution in [3.05, 3.63) is 117 Å². The normalized spacial score (nSPS) is 14.1. The maximum absolute atomic E-state index is 14.2. The second kappa shape index (κ2) is 13.1. The quantitative estimate of drug-likeness (QED) is 0.142. The lowest BCUT2D eigenvalue weighted by molar-refractivity contribution is -0.144. The molecule has 0 radical (unpaired) electrons.